The van der Waals surface area contributed by atoms with Crippen LogP contribution in [0.3, 0.4) is 0 Å². The number of rotatable bonds is 6. The van der Waals surface area contributed by atoms with Crippen molar-refractivity contribution >= 4 is 17.3 Å². The Hall–Kier alpha value is -2.88. The molecule has 0 fully saturated rings. The van der Waals surface area contributed by atoms with Crippen LogP contribution in [0.4, 0.5) is 17.3 Å². The van der Waals surface area contributed by atoms with Gasteiger partial charge < -0.3 is 10.2 Å². The molecular weight excluding hydrogens is 296 g/mol. The number of anilines is 3. The predicted molar refractivity (Wildman–Crippen MR) is 99.5 cm³/mol. The molecule has 0 aliphatic rings. The summed E-state index contributed by atoms with van der Waals surface area (Å²) in [5, 5.41) is 3.32. The normalized spacial score (nSPS) is 10.6. The zero-order chi connectivity index (χ0) is 16.8. The van der Waals surface area contributed by atoms with E-state index in [1.165, 1.54) is 5.56 Å². The third kappa shape index (κ3) is 4.10. The maximum Gasteiger partial charge on any atom is 0.135 e. The molecule has 2 aromatic carbocycles. The Morgan fingerprint density at radius 3 is 2.25 bits per heavy atom. The quantitative estimate of drug-likeness (QED) is 0.719. The van der Waals surface area contributed by atoms with Crippen LogP contribution in [0.15, 0.2) is 73.1 Å². The van der Waals surface area contributed by atoms with E-state index in [0.29, 0.717) is 6.04 Å². The van der Waals surface area contributed by atoms with Crippen molar-refractivity contribution in [3.63, 3.8) is 0 Å². The second kappa shape index (κ2) is 7.59. The van der Waals surface area contributed by atoms with Gasteiger partial charge in [-0.05, 0) is 31.5 Å². The summed E-state index contributed by atoms with van der Waals surface area (Å²) in [7, 11) is 0. The van der Waals surface area contributed by atoms with Crippen molar-refractivity contribution in [1.29, 1.82) is 0 Å². The highest BCUT2D eigenvalue weighted by Crippen LogP contribution is 2.21. The van der Waals surface area contributed by atoms with Gasteiger partial charge in [-0.1, -0.05) is 48.5 Å². The van der Waals surface area contributed by atoms with Gasteiger partial charge in [-0.25, -0.2) is 9.97 Å². The van der Waals surface area contributed by atoms with Crippen molar-refractivity contribution in [2.24, 2.45) is 0 Å². The number of nitrogens with one attached hydrogen (secondary N) is 1. The van der Waals surface area contributed by atoms with Crippen molar-refractivity contribution in [3.05, 3.63) is 78.6 Å². The zero-order valence-electron chi connectivity index (χ0n) is 14.1. The van der Waals surface area contributed by atoms with Crippen LogP contribution in [0, 0.1) is 0 Å². The Kier molecular flexibility index (Phi) is 5.06. The van der Waals surface area contributed by atoms with E-state index in [9.17, 15) is 0 Å². The van der Waals surface area contributed by atoms with E-state index in [-0.39, 0.29) is 0 Å². The van der Waals surface area contributed by atoms with Crippen LogP contribution in [0.1, 0.15) is 19.4 Å². The highest BCUT2D eigenvalue weighted by Gasteiger charge is 2.13. The standard InChI is InChI=1S/C20H22N4/c1-16(2)24(14-17-9-5-3-6-10-17)20-13-19(21-15-22-20)23-18-11-7-4-8-12-18/h3-13,15-16H,14H2,1-2H3,(H,21,22,23). The third-order valence-corrected chi connectivity index (χ3v) is 3.81. The van der Waals surface area contributed by atoms with Gasteiger partial charge in [0.1, 0.15) is 18.0 Å². The largest absolute Gasteiger partial charge is 0.350 e. The van der Waals surface area contributed by atoms with Gasteiger partial charge in [0.15, 0.2) is 0 Å². The van der Waals surface area contributed by atoms with Crippen molar-refractivity contribution in [3.8, 4) is 0 Å². The average molecular weight is 318 g/mol. The molecule has 3 rings (SSSR count). The molecule has 0 saturated heterocycles. The number of nitrogens with zero attached hydrogens (tertiary/aromatic N) is 3. The summed E-state index contributed by atoms with van der Waals surface area (Å²) in [5.74, 6) is 1.71. The van der Waals surface area contributed by atoms with E-state index in [4.69, 9.17) is 0 Å². The molecule has 0 aliphatic carbocycles. The van der Waals surface area contributed by atoms with Gasteiger partial charge in [-0.3, -0.25) is 0 Å². The second-order valence-corrected chi connectivity index (χ2v) is 5.96. The van der Waals surface area contributed by atoms with Crippen LogP contribution in [-0.4, -0.2) is 16.0 Å². The first-order chi connectivity index (χ1) is 11.7. The molecule has 0 spiro atoms. The van der Waals surface area contributed by atoms with E-state index in [1.54, 1.807) is 6.33 Å². The molecule has 1 heterocycles. The molecule has 0 amide bonds. The van der Waals surface area contributed by atoms with E-state index < -0.39 is 0 Å². The number of hydrogen-bond donors (Lipinski definition) is 1. The first kappa shape index (κ1) is 16.0. The van der Waals surface area contributed by atoms with Gasteiger partial charge in [-0.2, -0.15) is 0 Å². The van der Waals surface area contributed by atoms with Gasteiger partial charge in [0.25, 0.3) is 0 Å². The highest BCUT2D eigenvalue weighted by atomic mass is 15.2. The van der Waals surface area contributed by atoms with Crippen LogP contribution in [-0.2, 0) is 6.54 Å². The maximum atomic E-state index is 4.47. The molecule has 0 bridgehead atoms. The highest BCUT2D eigenvalue weighted by molar-refractivity contribution is 5.59. The molecule has 3 aromatic rings. The summed E-state index contributed by atoms with van der Waals surface area (Å²) in [5.41, 5.74) is 2.28. The number of hydrogen-bond acceptors (Lipinski definition) is 4. The van der Waals surface area contributed by atoms with E-state index >= 15 is 0 Å². The topological polar surface area (TPSA) is 41.0 Å². The average Bonchev–Trinajstić information content (AvgIpc) is 2.61. The second-order valence-electron chi connectivity index (χ2n) is 5.96. The fourth-order valence-corrected chi connectivity index (χ4v) is 2.55. The summed E-state index contributed by atoms with van der Waals surface area (Å²) >= 11 is 0. The number of aromatic nitrogens is 2. The first-order valence-corrected chi connectivity index (χ1v) is 8.17. The van der Waals surface area contributed by atoms with Crippen LogP contribution in [0.5, 0.6) is 0 Å². The lowest BCUT2D eigenvalue weighted by molar-refractivity contribution is 0.671. The van der Waals surface area contributed by atoms with E-state index in [2.05, 4.69) is 58.3 Å². The Bertz CT molecular complexity index is 757. The molecule has 4 nitrogen and oxygen atoms in total. The van der Waals surface area contributed by atoms with Crippen LogP contribution in [0.25, 0.3) is 0 Å². The molecule has 0 saturated carbocycles. The molecule has 1 aromatic heterocycles. The summed E-state index contributed by atoms with van der Waals surface area (Å²) in [6.07, 6.45) is 1.61. The fraction of sp³-hybridized carbons (Fsp3) is 0.200. The SMILES string of the molecule is CC(C)N(Cc1ccccc1)c1cc(Nc2ccccc2)ncn1. The Labute approximate surface area is 143 Å². The minimum Gasteiger partial charge on any atom is -0.350 e. The minimum atomic E-state index is 0.338. The molecule has 24 heavy (non-hydrogen) atoms. The van der Waals surface area contributed by atoms with Gasteiger partial charge in [0.05, 0.1) is 0 Å². The molecule has 0 aliphatic heterocycles. The molecule has 0 radical (unpaired) electrons. The van der Waals surface area contributed by atoms with Gasteiger partial charge in [-0.15, -0.1) is 0 Å². The molecule has 0 atom stereocenters. The van der Waals surface area contributed by atoms with Crippen molar-refractivity contribution in [2.45, 2.75) is 26.4 Å². The lowest BCUT2D eigenvalue weighted by Gasteiger charge is -2.28. The molecule has 4 heteroatoms. The van der Waals surface area contributed by atoms with E-state index in [0.717, 1.165) is 23.9 Å². The van der Waals surface area contributed by atoms with Gasteiger partial charge >= 0.3 is 0 Å². The summed E-state index contributed by atoms with van der Waals surface area (Å²) in [6.45, 7) is 5.17. The fourth-order valence-electron chi connectivity index (χ4n) is 2.55. The van der Waals surface area contributed by atoms with Gasteiger partial charge in [0, 0.05) is 24.3 Å². The lowest BCUT2D eigenvalue weighted by atomic mass is 10.2. The van der Waals surface area contributed by atoms with Crippen LogP contribution >= 0.6 is 0 Å². The smallest absolute Gasteiger partial charge is 0.135 e. The lowest BCUT2D eigenvalue weighted by Crippen LogP contribution is -2.31. The van der Waals surface area contributed by atoms with E-state index in [1.807, 2.05) is 42.5 Å². The zero-order valence-corrected chi connectivity index (χ0v) is 14.1. The number of benzene rings is 2. The summed E-state index contributed by atoms with van der Waals surface area (Å²) in [6, 6.07) is 22.8. The van der Waals surface area contributed by atoms with Crippen molar-refractivity contribution in [2.75, 3.05) is 10.2 Å². The minimum absolute atomic E-state index is 0.338. The van der Waals surface area contributed by atoms with Gasteiger partial charge in [0.2, 0.25) is 0 Å². The number of para-hydroxylation sites is 1. The Morgan fingerprint density at radius 2 is 1.58 bits per heavy atom. The Balaban J connectivity index is 1.82. The summed E-state index contributed by atoms with van der Waals surface area (Å²) < 4.78 is 0. The predicted octanol–water partition coefficient (Wildman–Crippen LogP) is 4.64. The monoisotopic (exact) mass is 318 g/mol. The molecular formula is C20H22N4. The molecule has 122 valence electrons. The summed E-state index contributed by atoms with van der Waals surface area (Å²) in [4.78, 5) is 11.1. The van der Waals surface area contributed by atoms with Crippen LogP contribution < -0.4 is 10.2 Å². The maximum absolute atomic E-state index is 4.47. The first-order valence-electron chi connectivity index (χ1n) is 8.17. The van der Waals surface area contributed by atoms with Crippen LogP contribution in [0.2, 0.25) is 0 Å². The molecule has 1 N–H and O–H groups in total. The third-order valence-electron chi connectivity index (χ3n) is 3.81. The Morgan fingerprint density at radius 1 is 0.917 bits per heavy atom. The van der Waals surface area contributed by atoms with Crippen molar-refractivity contribution in [1.82, 2.24) is 9.97 Å². The van der Waals surface area contributed by atoms with Crippen molar-refractivity contribution < 1.29 is 0 Å². The molecule has 0 unspecified atom stereocenters.